The molecule has 220 valence electrons. The Balaban J connectivity index is 1.21. The van der Waals surface area contributed by atoms with Gasteiger partial charge in [0.1, 0.15) is 0 Å². The van der Waals surface area contributed by atoms with Crippen molar-refractivity contribution in [2.75, 3.05) is 5.32 Å². The lowest BCUT2D eigenvalue weighted by molar-refractivity contribution is 0.660. The predicted octanol–water partition coefficient (Wildman–Crippen LogP) is 12.4. The first-order chi connectivity index (χ1) is 22.6. The standard InChI is InChI=1S/C45H35N/c1-45(2)42-21-13-12-20-38(42)39-27-26-37(30-43(39)45)46-36-24-22-34(23-25-36)44-40(32-16-8-4-9-17-32)28-35(31-14-6-3-7-15-31)29-41(44)33-18-10-5-11-19-33/h3-30,46H,1-2H3. The molecule has 0 saturated carbocycles. The van der Waals surface area contributed by atoms with Crippen LogP contribution >= 0.6 is 0 Å². The minimum absolute atomic E-state index is 0.0267. The van der Waals surface area contributed by atoms with Crippen molar-refractivity contribution in [1.29, 1.82) is 0 Å². The van der Waals surface area contributed by atoms with Gasteiger partial charge in [0.15, 0.2) is 0 Å². The van der Waals surface area contributed by atoms with Crippen LogP contribution in [0, 0.1) is 0 Å². The van der Waals surface area contributed by atoms with Gasteiger partial charge in [0.2, 0.25) is 0 Å². The molecule has 8 rings (SSSR count). The Morgan fingerprint density at radius 3 is 1.46 bits per heavy atom. The van der Waals surface area contributed by atoms with Gasteiger partial charge in [-0.25, -0.2) is 0 Å². The Labute approximate surface area is 271 Å². The molecule has 1 nitrogen and oxygen atoms in total. The zero-order valence-electron chi connectivity index (χ0n) is 26.2. The number of fused-ring (bicyclic) bond motifs is 3. The van der Waals surface area contributed by atoms with Crippen LogP contribution in [0.5, 0.6) is 0 Å². The number of hydrogen-bond acceptors (Lipinski definition) is 1. The van der Waals surface area contributed by atoms with Gasteiger partial charge in [-0.2, -0.15) is 0 Å². The van der Waals surface area contributed by atoms with Crippen molar-refractivity contribution in [3.63, 3.8) is 0 Å². The molecule has 0 amide bonds. The van der Waals surface area contributed by atoms with Crippen LogP contribution in [-0.2, 0) is 5.41 Å². The van der Waals surface area contributed by atoms with E-state index in [0.29, 0.717) is 0 Å². The number of anilines is 2. The summed E-state index contributed by atoms with van der Waals surface area (Å²) in [4.78, 5) is 0. The highest BCUT2D eigenvalue weighted by molar-refractivity contribution is 5.98. The lowest BCUT2D eigenvalue weighted by atomic mass is 9.82. The Morgan fingerprint density at radius 2 is 0.848 bits per heavy atom. The van der Waals surface area contributed by atoms with Crippen molar-refractivity contribution in [2.24, 2.45) is 0 Å². The molecule has 1 heteroatoms. The molecule has 0 fully saturated rings. The van der Waals surface area contributed by atoms with Gasteiger partial charge in [-0.3, -0.25) is 0 Å². The first-order valence-corrected chi connectivity index (χ1v) is 16.0. The summed E-state index contributed by atoms with van der Waals surface area (Å²) in [5.74, 6) is 0. The van der Waals surface area contributed by atoms with Gasteiger partial charge in [-0.15, -0.1) is 0 Å². The van der Waals surface area contributed by atoms with Crippen LogP contribution in [0.25, 0.3) is 55.6 Å². The molecule has 7 aromatic rings. The van der Waals surface area contributed by atoms with Crippen LogP contribution in [0.3, 0.4) is 0 Å². The lowest BCUT2D eigenvalue weighted by Crippen LogP contribution is -2.15. The van der Waals surface area contributed by atoms with Gasteiger partial charge in [0.05, 0.1) is 0 Å². The molecule has 0 spiro atoms. The van der Waals surface area contributed by atoms with Crippen molar-refractivity contribution >= 4 is 11.4 Å². The smallest absolute Gasteiger partial charge is 0.0387 e. The molecule has 0 aromatic heterocycles. The van der Waals surface area contributed by atoms with Gasteiger partial charge in [0, 0.05) is 16.8 Å². The molecule has 0 aliphatic heterocycles. The van der Waals surface area contributed by atoms with Crippen LogP contribution in [0.1, 0.15) is 25.0 Å². The normalized spacial score (nSPS) is 12.7. The highest BCUT2D eigenvalue weighted by Crippen LogP contribution is 2.49. The second-order valence-corrected chi connectivity index (χ2v) is 12.7. The zero-order chi connectivity index (χ0) is 31.1. The lowest BCUT2D eigenvalue weighted by Gasteiger charge is -2.22. The van der Waals surface area contributed by atoms with Gasteiger partial charge in [0.25, 0.3) is 0 Å². The molecule has 1 aliphatic carbocycles. The molecule has 0 bridgehead atoms. The number of rotatable bonds is 6. The molecular formula is C45H35N. The molecule has 0 atom stereocenters. The Morgan fingerprint density at radius 1 is 0.348 bits per heavy atom. The molecule has 0 heterocycles. The molecular weight excluding hydrogens is 555 g/mol. The van der Waals surface area contributed by atoms with E-state index in [1.807, 2.05) is 0 Å². The van der Waals surface area contributed by atoms with Crippen LogP contribution < -0.4 is 5.32 Å². The molecule has 46 heavy (non-hydrogen) atoms. The largest absolute Gasteiger partial charge is 0.356 e. The fourth-order valence-corrected chi connectivity index (χ4v) is 7.11. The highest BCUT2D eigenvalue weighted by atomic mass is 14.9. The average molecular weight is 590 g/mol. The van der Waals surface area contributed by atoms with Crippen molar-refractivity contribution in [3.8, 4) is 55.6 Å². The maximum Gasteiger partial charge on any atom is 0.0387 e. The van der Waals surface area contributed by atoms with E-state index in [-0.39, 0.29) is 5.41 Å². The minimum Gasteiger partial charge on any atom is -0.356 e. The molecule has 1 aliphatic rings. The summed E-state index contributed by atoms with van der Waals surface area (Å²) in [7, 11) is 0. The summed E-state index contributed by atoms with van der Waals surface area (Å²) in [5.41, 5.74) is 17.3. The average Bonchev–Trinajstić information content (AvgIpc) is 3.35. The number of hydrogen-bond donors (Lipinski definition) is 1. The molecule has 0 unspecified atom stereocenters. The Hall–Kier alpha value is -5.66. The van der Waals surface area contributed by atoms with E-state index in [1.54, 1.807) is 0 Å². The van der Waals surface area contributed by atoms with E-state index in [1.165, 1.54) is 66.8 Å². The monoisotopic (exact) mass is 589 g/mol. The van der Waals surface area contributed by atoms with Crippen LogP contribution in [0.4, 0.5) is 11.4 Å². The van der Waals surface area contributed by atoms with Crippen LogP contribution in [-0.4, -0.2) is 0 Å². The SMILES string of the molecule is CC1(C)c2ccccc2-c2ccc(Nc3ccc(-c4c(-c5ccccc5)cc(-c5ccccc5)cc4-c4ccccc4)cc3)cc21. The van der Waals surface area contributed by atoms with Crippen LogP contribution in [0.2, 0.25) is 0 Å². The van der Waals surface area contributed by atoms with Crippen molar-refractivity contribution in [1.82, 2.24) is 0 Å². The molecule has 1 N–H and O–H groups in total. The second kappa shape index (κ2) is 11.4. The van der Waals surface area contributed by atoms with Crippen molar-refractivity contribution in [2.45, 2.75) is 19.3 Å². The molecule has 0 radical (unpaired) electrons. The summed E-state index contributed by atoms with van der Waals surface area (Å²) in [5, 5.41) is 3.70. The number of nitrogens with one attached hydrogen (secondary N) is 1. The van der Waals surface area contributed by atoms with Gasteiger partial charge in [-0.1, -0.05) is 147 Å². The third-order valence-electron chi connectivity index (χ3n) is 9.46. The van der Waals surface area contributed by atoms with E-state index >= 15 is 0 Å². The third kappa shape index (κ3) is 4.91. The summed E-state index contributed by atoms with van der Waals surface area (Å²) in [6.07, 6.45) is 0. The Bertz CT molecular complexity index is 2100. The summed E-state index contributed by atoms with van der Waals surface area (Å²) in [6, 6.07) is 61.4. The molecule has 0 saturated heterocycles. The summed E-state index contributed by atoms with van der Waals surface area (Å²) < 4.78 is 0. The Kier molecular flexibility index (Phi) is 6.88. The maximum atomic E-state index is 3.70. The number of benzene rings is 7. The predicted molar refractivity (Wildman–Crippen MR) is 195 cm³/mol. The first-order valence-electron chi connectivity index (χ1n) is 16.0. The topological polar surface area (TPSA) is 12.0 Å². The molecule has 7 aromatic carbocycles. The minimum atomic E-state index is -0.0267. The van der Waals surface area contributed by atoms with Gasteiger partial charge in [-0.05, 0) is 103 Å². The van der Waals surface area contributed by atoms with E-state index in [9.17, 15) is 0 Å². The van der Waals surface area contributed by atoms with E-state index in [0.717, 1.165) is 11.4 Å². The van der Waals surface area contributed by atoms with E-state index in [2.05, 4.69) is 189 Å². The van der Waals surface area contributed by atoms with Crippen LogP contribution in [0.15, 0.2) is 170 Å². The maximum absolute atomic E-state index is 3.70. The fraction of sp³-hybridized carbons (Fsp3) is 0.0667. The van der Waals surface area contributed by atoms with E-state index in [4.69, 9.17) is 0 Å². The van der Waals surface area contributed by atoms with Crippen molar-refractivity contribution < 1.29 is 0 Å². The highest BCUT2D eigenvalue weighted by Gasteiger charge is 2.35. The summed E-state index contributed by atoms with van der Waals surface area (Å²) in [6.45, 7) is 4.65. The van der Waals surface area contributed by atoms with Gasteiger partial charge >= 0.3 is 0 Å². The quantitative estimate of drug-likeness (QED) is 0.203. The summed E-state index contributed by atoms with van der Waals surface area (Å²) >= 11 is 0. The fourth-order valence-electron chi connectivity index (χ4n) is 7.11. The van der Waals surface area contributed by atoms with E-state index < -0.39 is 0 Å². The first kappa shape index (κ1) is 27.9. The van der Waals surface area contributed by atoms with Crippen molar-refractivity contribution in [3.05, 3.63) is 181 Å². The third-order valence-corrected chi connectivity index (χ3v) is 9.46. The second-order valence-electron chi connectivity index (χ2n) is 12.7. The van der Waals surface area contributed by atoms with Gasteiger partial charge < -0.3 is 5.32 Å². The zero-order valence-corrected chi connectivity index (χ0v) is 26.2.